The van der Waals surface area contributed by atoms with Crippen molar-refractivity contribution in [1.82, 2.24) is 25.0 Å². The van der Waals surface area contributed by atoms with Gasteiger partial charge in [-0.2, -0.15) is 0 Å². The first-order valence-corrected chi connectivity index (χ1v) is 15.7. The number of H-pyrrole nitrogens is 3. The minimum Gasteiger partial charge on any atom is -0.480 e. The number of nitrogens with two attached hydrogens (primary N) is 1. The van der Waals surface area contributed by atoms with E-state index < -0.39 is 56.5 Å². The number of benzene rings is 1. The summed E-state index contributed by atoms with van der Waals surface area (Å²) >= 11 is 0. The van der Waals surface area contributed by atoms with Gasteiger partial charge in [-0.3, -0.25) is 24.1 Å². The fraction of sp³-hybridized carbons (Fsp3) is 0.481. The van der Waals surface area contributed by atoms with E-state index in [0.29, 0.717) is 5.56 Å². The summed E-state index contributed by atoms with van der Waals surface area (Å²) in [5.74, 6) is -1.42. The molecule has 0 saturated carbocycles. The summed E-state index contributed by atoms with van der Waals surface area (Å²) < 4.78 is 38.8. The fourth-order valence-electron chi connectivity index (χ4n) is 5.31. The topological polar surface area (TPSA) is 231 Å². The zero-order chi connectivity index (χ0) is 31.8. The highest BCUT2D eigenvalue weighted by Gasteiger charge is 2.51. The van der Waals surface area contributed by atoms with Crippen molar-refractivity contribution in [1.29, 1.82) is 0 Å². The number of aliphatic carboxylic acids is 1. The van der Waals surface area contributed by atoms with Crippen LogP contribution in [0, 0.1) is 0 Å². The van der Waals surface area contributed by atoms with Crippen LogP contribution in [0.4, 0.5) is 5.95 Å². The van der Waals surface area contributed by atoms with Gasteiger partial charge in [-0.1, -0.05) is 23.2 Å². The minimum absolute atomic E-state index is 0.0783. The maximum atomic E-state index is 13.2. The molecule has 0 amide bonds. The minimum atomic E-state index is -4.68. The summed E-state index contributed by atoms with van der Waals surface area (Å²) in [6, 6.07) is 5.91. The van der Waals surface area contributed by atoms with E-state index >= 15 is 0 Å². The Morgan fingerprint density at radius 3 is 2.59 bits per heavy atom. The number of hydrogen-bond donors (Lipinski definition) is 7. The van der Waals surface area contributed by atoms with E-state index in [4.69, 9.17) is 24.5 Å². The van der Waals surface area contributed by atoms with Gasteiger partial charge >= 0.3 is 19.4 Å². The van der Waals surface area contributed by atoms with Crippen molar-refractivity contribution in [3.05, 3.63) is 52.7 Å². The maximum Gasteiger partial charge on any atom is 0.403 e. The van der Waals surface area contributed by atoms with Crippen molar-refractivity contribution in [2.24, 2.45) is 0 Å². The summed E-state index contributed by atoms with van der Waals surface area (Å²) in [5, 5.41) is 12.9. The lowest BCUT2D eigenvalue weighted by Crippen LogP contribution is -2.48. The maximum absolute atomic E-state index is 13.2. The monoisotopic (exact) mass is 634 g/mol. The molecule has 6 atom stereocenters. The second kappa shape index (κ2) is 12.8. The number of anilines is 1. The summed E-state index contributed by atoms with van der Waals surface area (Å²) in [6.45, 7) is 6.85. The van der Waals surface area contributed by atoms with E-state index in [1.165, 1.54) is 6.33 Å². The molecular formula is C27H37N7O9P+. The molecule has 4 heterocycles. The number of para-hydroxylation sites is 1. The molecule has 1 aliphatic rings. The van der Waals surface area contributed by atoms with Crippen LogP contribution in [0.3, 0.4) is 0 Å². The first-order chi connectivity index (χ1) is 20.8. The number of aromatic amines is 3. The van der Waals surface area contributed by atoms with Crippen LogP contribution in [0.1, 0.15) is 39.5 Å². The Bertz CT molecular complexity index is 1740. The Hall–Kier alpha value is -3.63. The summed E-state index contributed by atoms with van der Waals surface area (Å²) in [7, 11) is -4.68. The van der Waals surface area contributed by atoms with Crippen molar-refractivity contribution in [3.8, 4) is 0 Å². The fourth-order valence-corrected chi connectivity index (χ4v) is 6.32. The van der Waals surface area contributed by atoms with Gasteiger partial charge in [0.1, 0.15) is 24.4 Å². The van der Waals surface area contributed by atoms with E-state index in [1.807, 2.05) is 52.0 Å². The van der Waals surface area contributed by atoms with Crippen LogP contribution in [0.15, 0.2) is 41.6 Å². The summed E-state index contributed by atoms with van der Waals surface area (Å²) in [5.41, 5.74) is 7.15. The molecule has 1 fully saturated rings. The Morgan fingerprint density at radius 2 is 1.89 bits per heavy atom. The average molecular weight is 635 g/mol. The summed E-state index contributed by atoms with van der Waals surface area (Å²) in [4.78, 5) is 47.8. The van der Waals surface area contributed by atoms with Crippen LogP contribution >= 0.6 is 7.75 Å². The van der Waals surface area contributed by atoms with Crippen LogP contribution in [0.5, 0.6) is 0 Å². The number of nitrogens with one attached hydrogen (secondary N) is 4. The number of nitrogens with zero attached hydrogens (tertiary/aromatic N) is 2. The van der Waals surface area contributed by atoms with Gasteiger partial charge in [-0.25, -0.2) is 14.2 Å². The lowest BCUT2D eigenvalue weighted by molar-refractivity contribution is -0.745. The summed E-state index contributed by atoms with van der Waals surface area (Å²) in [6.07, 6.45) is -0.896. The molecule has 1 aliphatic heterocycles. The third-order valence-corrected chi connectivity index (χ3v) is 8.20. The van der Waals surface area contributed by atoms with E-state index in [-0.39, 0.29) is 35.7 Å². The molecule has 3 unspecified atom stereocenters. The predicted molar refractivity (Wildman–Crippen MR) is 158 cm³/mol. The molecule has 1 saturated heterocycles. The van der Waals surface area contributed by atoms with E-state index in [1.54, 1.807) is 10.8 Å². The van der Waals surface area contributed by atoms with Gasteiger partial charge < -0.3 is 34.9 Å². The zero-order valence-electron chi connectivity index (χ0n) is 24.6. The number of fused-ring (bicyclic) bond motifs is 2. The second-order valence-electron chi connectivity index (χ2n) is 11.1. The number of nitrogen functional groups attached to an aromatic ring is 1. The number of hydrogen-bond acceptors (Lipinski definition) is 9. The molecule has 0 spiro atoms. The Morgan fingerprint density at radius 1 is 1.18 bits per heavy atom. The van der Waals surface area contributed by atoms with Gasteiger partial charge in [0.15, 0.2) is 6.33 Å². The Kier molecular flexibility index (Phi) is 9.23. The standard InChI is InChI=1S/C27H36N7O9P/c1-13(2)41-21-19(43-25(22(21)42-14(3)4)34-12-30-20-23(34)31-27(28)32-24(20)35)11-40-44(38,39)33-18(26(36)37)9-15-10-29-17-8-6-5-7-16(15)17/h5-8,10,12-14,18-19,21-22,25,29H,9,11H2,1-4H3,(H6,28,31,32,33,35,36,37,38,39)/p+1/t18?,19-,21+,22?,25-/m1/s1. The first-order valence-electron chi connectivity index (χ1n) is 14.1. The molecular weight excluding hydrogens is 597 g/mol. The highest BCUT2D eigenvalue weighted by atomic mass is 31.2. The number of rotatable bonds is 13. The van der Waals surface area contributed by atoms with E-state index in [0.717, 1.165) is 10.9 Å². The van der Waals surface area contributed by atoms with Gasteiger partial charge in [-0.05, 0) is 39.3 Å². The molecule has 3 aromatic heterocycles. The smallest absolute Gasteiger partial charge is 0.403 e. The van der Waals surface area contributed by atoms with Gasteiger partial charge in [0.2, 0.25) is 11.7 Å². The highest BCUT2D eigenvalue weighted by Crippen LogP contribution is 2.41. The molecule has 16 nitrogen and oxygen atoms in total. The van der Waals surface area contributed by atoms with Crippen molar-refractivity contribution < 1.29 is 42.7 Å². The SMILES string of the molecule is CC(C)OC1[C@@H](OC(C)C)[C@@H](COP(=O)(O)NC(Cc2c[nH]c3ccccc23)C(=O)O)O[C@H]1[n+]1c[nH]c2c(=O)[nH]c(N)nc21. The van der Waals surface area contributed by atoms with E-state index in [9.17, 15) is 24.2 Å². The number of carboxylic acids is 1. The number of aromatic nitrogens is 5. The molecule has 44 heavy (non-hydrogen) atoms. The Labute approximate surface area is 251 Å². The van der Waals surface area contributed by atoms with Gasteiger partial charge in [0.25, 0.3) is 11.5 Å². The molecule has 0 radical (unpaired) electrons. The molecule has 17 heteroatoms. The Balaban J connectivity index is 1.37. The molecule has 8 N–H and O–H groups in total. The molecule has 0 aliphatic carbocycles. The largest absolute Gasteiger partial charge is 0.480 e. The highest BCUT2D eigenvalue weighted by molar-refractivity contribution is 7.50. The van der Waals surface area contributed by atoms with Crippen molar-refractivity contribution >= 4 is 41.7 Å². The third-order valence-electron chi connectivity index (χ3n) is 7.06. The van der Waals surface area contributed by atoms with Gasteiger partial charge in [0, 0.05) is 23.5 Å². The molecule has 238 valence electrons. The lowest BCUT2D eigenvalue weighted by atomic mass is 10.1. The van der Waals surface area contributed by atoms with Crippen LogP contribution < -0.4 is 20.9 Å². The van der Waals surface area contributed by atoms with Crippen LogP contribution in [-0.4, -0.2) is 79.1 Å². The van der Waals surface area contributed by atoms with E-state index in [2.05, 4.69) is 25.0 Å². The normalized spacial score (nSPS) is 22.7. The number of imidazole rings is 1. The lowest BCUT2D eigenvalue weighted by Gasteiger charge is -2.27. The van der Waals surface area contributed by atoms with Crippen molar-refractivity contribution in [2.45, 2.75) is 76.9 Å². The first kappa shape index (κ1) is 31.8. The van der Waals surface area contributed by atoms with Crippen molar-refractivity contribution in [2.75, 3.05) is 12.3 Å². The van der Waals surface area contributed by atoms with Crippen molar-refractivity contribution in [3.63, 3.8) is 0 Å². The number of carbonyl (C=O) groups is 1. The predicted octanol–water partition coefficient (Wildman–Crippen LogP) is 1.49. The van der Waals surface area contributed by atoms with Crippen LogP contribution in [0.25, 0.3) is 22.1 Å². The third kappa shape index (κ3) is 6.86. The second-order valence-corrected chi connectivity index (χ2v) is 12.7. The molecule has 0 bridgehead atoms. The quantitative estimate of drug-likeness (QED) is 0.0819. The van der Waals surface area contributed by atoms with Crippen LogP contribution in [0.2, 0.25) is 0 Å². The molecule has 1 aromatic carbocycles. The molecule has 4 aromatic rings. The molecule has 5 rings (SSSR count). The zero-order valence-corrected chi connectivity index (χ0v) is 25.5. The average Bonchev–Trinajstić information content (AvgIpc) is 3.63. The van der Waals surface area contributed by atoms with Crippen LogP contribution in [-0.2, 0) is 34.5 Å². The number of ether oxygens (including phenoxy) is 3. The van der Waals surface area contributed by atoms with Gasteiger partial charge in [-0.15, -0.1) is 0 Å². The number of carboxylic acid groups (broad SMARTS) is 1. The van der Waals surface area contributed by atoms with Gasteiger partial charge in [0.05, 0.1) is 18.8 Å².